The standard InChI is InChI=1S/C12H16Cl2S/c1-12(6-3-2-4-7-12)11(14)10-9(13)5-8-15-10/h5,8,11H,2-4,6-7H2,1H3. The van der Waals surface area contributed by atoms with Crippen LogP contribution in [0.3, 0.4) is 0 Å². The Morgan fingerprint density at radius 2 is 2.00 bits per heavy atom. The van der Waals surface area contributed by atoms with E-state index >= 15 is 0 Å². The molecule has 0 nitrogen and oxygen atoms in total. The van der Waals surface area contributed by atoms with Gasteiger partial charge in [0, 0.05) is 4.88 Å². The predicted octanol–water partition coefficient (Wildman–Crippen LogP) is 5.65. The summed E-state index contributed by atoms with van der Waals surface area (Å²) in [6, 6.07) is 1.95. The average Bonchev–Trinajstić information content (AvgIpc) is 2.64. The summed E-state index contributed by atoms with van der Waals surface area (Å²) in [6.07, 6.45) is 6.44. The van der Waals surface area contributed by atoms with Crippen LogP contribution in [0.2, 0.25) is 5.02 Å². The number of alkyl halides is 1. The van der Waals surface area contributed by atoms with Crippen LogP contribution in [0.5, 0.6) is 0 Å². The molecule has 0 radical (unpaired) electrons. The topological polar surface area (TPSA) is 0 Å². The van der Waals surface area contributed by atoms with Crippen LogP contribution in [0, 0.1) is 5.41 Å². The number of halogens is 2. The van der Waals surface area contributed by atoms with Crippen LogP contribution in [-0.2, 0) is 0 Å². The van der Waals surface area contributed by atoms with Gasteiger partial charge in [0.05, 0.1) is 10.4 Å². The van der Waals surface area contributed by atoms with Crippen molar-refractivity contribution >= 4 is 34.5 Å². The van der Waals surface area contributed by atoms with E-state index in [4.69, 9.17) is 23.2 Å². The van der Waals surface area contributed by atoms with Gasteiger partial charge in [0.25, 0.3) is 0 Å². The van der Waals surface area contributed by atoms with E-state index in [0.29, 0.717) is 0 Å². The zero-order valence-corrected chi connectivity index (χ0v) is 11.3. The van der Waals surface area contributed by atoms with Gasteiger partial charge in [0.1, 0.15) is 0 Å². The Labute approximate surface area is 106 Å². The summed E-state index contributed by atoms with van der Waals surface area (Å²) in [6.45, 7) is 2.31. The minimum Gasteiger partial charge on any atom is -0.146 e. The lowest BCUT2D eigenvalue weighted by molar-refractivity contribution is 0.208. The van der Waals surface area contributed by atoms with Gasteiger partial charge in [-0.15, -0.1) is 22.9 Å². The van der Waals surface area contributed by atoms with Gasteiger partial charge in [-0.05, 0) is 29.7 Å². The number of hydrogen-bond acceptors (Lipinski definition) is 1. The van der Waals surface area contributed by atoms with Crippen molar-refractivity contribution in [2.24, 2.45) is 5.41 Å². The Balaban J connectivity index is 2.19. The van der Waals surface area contributed by atoms with Gasteiger partial charge in [-0.2, -0.15) is 0 Å². The van der Waals surface area contributed by atoms with Crippen molar-refractivity contribution < 1.29 is 0 Å². The lowest BCUT2D eigenvalue weighted by atomic mass is 9.73. The smallest absolute Gasteiger partial charge is 0.0746 e. The summed E-state index contributed by atoms with van der Waals surface area (Å²) in [4.78, 5) is 1.16. The number of hydrogen-bond donors (Lipinski definition) is 0. The molecule has 1 aromatic rings. The molecule has 0 N–H and O–H groups in total. The molecule has 3 heteroatoms. The molecule has 15 heavy (non-hydrogen) atoms. The SMILES string of the molecule is CC1(C(Cl)c2sccc2Cl)CCCCC1. The maximum absolute atomic E-state index is 6.60. The van der Waals surface area contributed by atoms with Crippen LogP contribution in [-0.4, -0.2) is 0 Å². The first-order valence-corrected chi connectivity index (χ1v) is 7.20. The second kappa shape index (κ2) is 4.65. The van der Waals surface area contributed by atoms with E-state index < -0.39 is 0 Å². The first-order valence-electron chi connectivity index (χ1n) is 5.50. The molecular formula is C12H16Cl2S. The predicted molar refractivity (Wildman–Crippen MR) is 69.1 cm³/mol. The highest BCUT2D eigenvalue weighted by molar-refractivity contribution is 7.11. The first-order chi connectivity index (χ1) is 7.13. The van der Waals surface area contributed by atoms with Gasteiger partial charge in [-0.1, -0.05) is 37.8 Å². The molecule has 0 bridgehead atoms. The maximum atomic E-state index is 6.60. The molecule has 1 saturated carbocycles. The third-order valence-electron chi connectivity index (χ3n) is 3.48. The van der Waals surface area contributed by atoms with Crippen molar-refractivity contribution in [2.45, 2.75) is 44.4 Å². The molecule has 0 amide bonds. The van der Waals surface area contributed by atoms with Crippen LogP contribution in [0.4, 0.5) is 0 Å². The largest absolute Gasteiger partial charge is 0.146 e. The minimum atomic E-state index is 0.0882. The fourth-order valence-corrected chi connectivity index (χ4v) is 4.28. The van der Waals surface area contributed by atoms with E-state index in [0.717, 1.165) is 9.90 Å². The molecule has 0 aliphatic heterocycles. The Bertz CT molecular complexity index is 326. The quantitative estimate of drug-likeness (QED) is 0.604. The van der Waals surface area contributed by atoms with E-state index in [9.17, 15) is 0 Å². The van der Waals surface area contributed by atoms with Gasteiger partial charge >= 0.3 is 0 Å². The molecule has 1 aromatic heterocycles. The number of thiophene rings is 1. The zero-order chi connectivity index (χ0) is 10.9. The van der Waals surface area contributed by atoms with Crippen molar-refractivity contribution in [3.63, 3.8) is 0 Å². The summed E-state index contributed by atoms with van der Waals surface area (Å²) < 4.78 is 0. The highest BCUT2D eigenvalue weighted by atomic mass is 35.5. The molecule has 1 aliphatic rings. The normalized spacial score (nSPS) is 22.6. The van der Waals surface area contributed by atoms with Crippen molar-refractivity contribution in [3.05, 3.63) is 21.3 Å². The summed E-state index contributed by atoms with van der Waals surface area (Å²) in [5.74, 6) is 0. The summed E-state index contributed by atoms with van der Waals surface area (Å²) >= 11 is 14.4. The van der Waals surface area contributed by atoms with Gasteiger partial charge in [0.15, 0.2) is 0 Å². The van der Waals surface area contributed by atoms with Crippen LogP contribution >= 0.6 is 34.5 Å². The van der Waals surface area contributed by atoms with Gasteiger partial charge < -0.3 is 0 Å². The van der Waals surface area contributed by atoms with Crippen molar-refractivity contribution in [1.82, 2.24) is 0 Å². The van der Waals surface area contributed by atoms with E-state index in [2.05, 4.69) is 6.92 Å². The summed E-state index contributed by atoms with van der Waals surface area (Å²) in [7, 11) is 0. The molecule has 1 atom stereocenters. The lowest BCUT2D eigenvalue weighted by Crippen LogP contribution is -2.24. The van der Waals surface area contributed by atoms with Crippen LogP contribution in [0.25, 0.3) is 0 Å². The summed E-state index contributed by atoms with van der Waals surface area (Å²) in [5, 5.41) is 2.95. The first kappa shape index (κ1) is 11.8. The molecule has 84 valence electrons. The molecular weight excluding hydrogens is 247 g/mol. The molecule has 1 unspecified atom stereocenters. The van der Waals surface area contributed by atoms with Crippen LogP contribution < -0.4 is 0 Å². The van der Waals surface area contributed by atoms with E-state index in [1.807, 2.05) is 11.4 Å². The Hall–Kier alpha value is 0.280. The molecule has 2 rings (SSSR count). The van der Waals surface area contributed by atoms with Crippen molar-refractivity contribution in [3.8, 4) is 0 Å². The third-order valence-corrected chi connectivity index (χ3v) is 5.78. The van der Waals surface area contributed by atoms with Crippen LogP contribution in [0.1, 0.15) is 49.3 Å². The lowest BCUT2D eigenvalue weighted by Gasteiger charge is -2.37. The Morgan fingerprint density at radius 1 is 1.33 bits per heavy atom. The molecule has 1 fully saturated rings. The van der Waals surface area contributed by atoms with Crippen LogP contribution in [0.15, 0.2) is 11.4 Å². The molecule has 1 heterocycles. The number of rotatable bonds is 2. The highest BCUT2D eigenvalue weighted by Gasteiger charge is 2.36. The van der Waals surface area contributed by atoms with E-state index in [1.165, 1.54) is 32.1 Å². The second-order valence-electron chi connectivity index (χ2n) is 4.71. The Morgan fingerprint density at radius 3 is 2.53 bits per heavy atom. The minimum absolute atomic E-state index is 0.0882. The van der Waals surface area contributed by atoms with Gasteiger partial charge in [-0.3, -0.25) is 0 Å². The molecule has 0 saturated heterocycles. The fraction of sp³-hybridized carbons (Fsp3) is 0.667. The Kier molecular flexibility index (Phi) is 3.64. The molecule has 1 aliphatic carbocycles. The summed E-state index contributed by atoms with van der Waals surface area (Å²) in [5.41, 5.74) is 0.244. The van der Waals surface area contributed by atoms with Crippen molar-refractivity contribution in [2.75, 3.05) is 0 Å². The van der Waals surface area contributed by atoms with Gasteiger partial charge in [0.2, 0.25) is 0 Å². The third kappa shape index (κ3) is 2.35. The van der Waals surface area contributed by atoms with E-state index in [1.54, 1.807) is 11.3 Å². The van der Waals surface area contributed by atoms with E-state index in [-0.39, 0.29) is 10.8 Å². The monoisotopic (exact) mass is 262 g/mol. The fourth-order valence-electron chi connectivity index (χ4n) is 2.42. The zero-order valence-electron chi connectivity index (χ0n) is 8.93. The maximum Gasteiger partial charge on any atom is 0.0746 e. The molecule has 0 spiro atoms. The van der Waals surface area contributed by atoms with Crippen molar-refractivity contribution in [1.29, 1.82) is 0 Å². The second-order valence-corrected chi connectivity index (χ2v) is 6.50. The molecule has 0 aromatic carbocycles. The highest BCUT2D eigenvalue weighted by Crippen LogP contribution is 2.51. The van der Waals surface area contributed by atoms with Gasteiger partial charge in [-0.25, -0.2) is 0 Å². The average molecular weight is 263 g/mol.